The standard InChI is InChI=1S/C19H25Cl2N3O3S/c20-16-2-1-15(17(21)11-16)13-28-14-19(26)24-5-3-23(4-6-24)18(25)12-22-7-9-27-10-8-22/h1-2,11H,3-10,12-14H2. The number of ether oxygens (including phenoxy) is 1. The highest BCUT2D eigenvalue weighted by atomic mass is 35.5. The Morgan fingerprint density at radius 3 is 2.25 bits per heavy atom. The van der Waals surface area contributed by atoms with Gasteiger partial charge in [-0.15, -0.1) is 11.8 Å². The lowest BCUT2D eigenvalue weighted by Gasteiger charge is -2.36. The Hall–Kier alpha value is -0.990. The second kappa shape index (κ2) is 10.7. The number of thioether (sulfide) groups is 1. The van der Waals surface area contributed by atoms with Crippen LogP contribution in [-0.4, -0.2) is 91.3 Å². The first-order chi connectivity index (χ1) is 13.5. The number of hydrogen-bond donors (Lipinski definition) is 0. The molecule has 2 aliphatic rings. The summed E-state index contributed by atoms with van der Waals surface area (Å²) in [6.07, 6.45) is 0. The van der Waals surface area contributed by atoms with Crippen molar-refractivity contribution < 1.29 is 14.3 Å². The van der Waals surface area contributed by atoms with Gasteiger partial charge in [0.25, 0.3) is 0 Å². The molecule has 2 fully saturated rings. The molecule has 1 aromatic rings. The maximum Gasteiger partial charge on any atom is 0.236 e. The molecule has 2 aliphatic heterocycles. The van der Waals surface area contributed by atoms with E-state index >= 15 is 0 Å². The van der Waals surface area contributed by atoms with E-state index in [4.69, 9.17) is 27.9 Å². The summed E-state index contributed by atoms with van der Waals surface area (Å²) in [5.41, 5.74) is 0.974. The molecule has 0 aromatic heterocycles. The summed E-state index contributed by atoms with van der Waals surface area (Å²) in [4.78, 5) is 30.7. The molecular weight excluding hydrogens is 421 g/mol. The minimum Gasteiger partial charge on any atom is -0.379 e. The van der Waals surface area contributed by atoms with Crippen molar-refractivity contribution in [2.24, 2.45) is 0 Å². The summed E-state index contributed by atoms with van der Waals surface area (Å²) in [5, 5.41) is 1.23. The third-order valence-electron chi connectivity index (χ3n) is 4.95. The highest BCUT2D eigenvalue weighted by Gasteiger charge is 2.25. The van der Waals surface area contributed by atoms with Gasteiger partial charge >= 0.3 is 0 Å². The van der Waals surface area contributed by atoms with E-state index in [0.717, 1.165) is 18.7 Å². The fraction of sp³-hybridized carbons (Fsp3) is 0.579. The molecule has 0 N–H and O–H groups in total. The number of hydrogen-bond acceptors (Lipinski definition) is 5. The van der Waals surface area contributed by atoms with Gasteiger partial charge in [0, 0.05) is 55.1 Å². The van der Waals surface area contributed by atoms with Crippen molar-refractivity contribution in [1.82, 2.24) is 14.7 Å². The zero-order valence-electron chi connectivity index (χ0n) is 15.7. The molecule has 0 atom stereocenters. The van der Waals surface area contributed by atoms with Crippen LogP contribution in [0.2, 0.25) is 10.0 Å². The molecule has 2 saturated heterocycles. The van der Waals surface area contributed by atoms with Crippen LogP contribution < -0.4 is 0 Å². The van der Waals surface area contributed by atoms with Crippen molar-refractivity contribution in [3.05, 3.63) is 33.8 Å². The number of nitrogens with zero attached hydrogens (tertiary/aromatic N) is 3. The van der Waals surface area contributed by atoms with Gasteiger partial charge in [-0.25, -0.2) is 0 Å². The smallest absolute Gasteiger partial charge is 0.236 e. The first-order valence-electron chi connectivity index (χ1n) is 9.40. The molecule has 3 rings (SSSR count). The third-order valence-corrected chi connectivity index (χ3v) is 6.50. The lowest BCUT2D eigenvalue weighted by molar-refractivity contribution is -0.139. The van der Waals surface area contributed by atoms with E-state index in [1.165, 1.54) is 0 Å². The van der Waals surface area contributed by atoms with Crippen LogP contribution >= 0.6 is 35.0 Å². The number of rotatable bonds is 6. The van der Waals surface area contributed by atoms with Crippen LogP contribution in [0, 0.1) is 0 Å². The summed E-state index contributed by atoms with van der Waals surface area (Å²) in [5.74, 6) is 1.32. The van der Waals surface area contributed by atoms with Crippen molar-refractivity contribution in [1.29, 1.82) is 0 Å². The van der Waals surface area contributed by atoms with E-state index in [1.54, 1.807) is 23.9 Å². The quantitative estimate of drug-likeness (QED) is 0.671. The van der Waals surface area contributed by atoms with E-state index in [1.807, 2.05) is 15.9 Å². The summed E-state index contributed by atoms with van der Waals surface area (Å²) in [6.45, 7) is 5.81. The highest BCUT2D eigenvalue weighted by Crippen LogP contribution is 2.24. The van der Waals surface area contributed by atoms with Gasteiger partial charge in [-0.1, -0.05) is 29.3 Å². The minimum absolute atomic E-state index is 0.107. The molecule has 0 radical (unpaired) electrons. The van der Waals surface area contributed by atoms with Crippen LogP contribution in [0.15, 0.2) is 18.2 Å². The van der Waals surface area contributed by atoms with E-state index in [-0.39, 0.29) is 11.8 Å². The van der Waals surface area contributed by atoms with Gasteiger partial charge in [0.1, 0.15) is 0 Å². The third kappa shape index (κ3) is 6.26. The maximum absolute atomic E-state index is 12.4. The lowest BCUT2D eigenvalue weighted by atomic mass is 10.2. The van der Waals surface area contributed by atoms with Gasteiger partial charge < -0.3 is 14.5 Å². The zero-order chi connectivity index (χ0) is 19.9. The van der Waals surface area contributed by atoms with Crippen molar-refractivity contribution >= 4 is 46.8 Å². The Balaban J connectivity index is 1.36. The summed E-state index contributed by atoms with van der Waals surface area (Å²) >= 11 is 13.6. The average Bonchev–Trinajstić information content (AvgIpc) is 2.70. The summed E-state index contributed by atoms with van der Waals surface area (Å²) in [7, 11) is 0. The van der Waals surface area contributed by atoms with Crippen LogP contribution in [0.3, 0.4) is 0 Å². The Bertz CT molecular complexity index is 693. The molecular formula is C19H25Cl2N3O3S. The Kier molecular flexibility index (Phi) is 8.29. The molecule has 154 valence electrons. The number of morpholine rings is 1. The monoisotopic (exact) mass is 445 g/mol. The summed E-state index contributed by atoms with van der Waals surface area (Å²) < 4.78 is 5.31. The van der Waals surface area contributed by atoms with Gasteiger partial charge in [-0.3, -0.25) is 14.5 Å². The average molecular weight is 446 g/mol. The molecule has 0 saturated carbocycles. The molecule has 1 aromatic carbocycles. The summed E-state index contributed by atoms with van der Waals surface area (Å²) in [6, 6.07) is 5.41. The van der Waals surface area contributed by atoms with Gasteiger partial charge in [0.2, 0.25) is 11.8 Å². The second-order valence-electron chi connectivity index (χ2n) is 6.88. The largest absolute Gasteiger partial charge is 0.379 e. The van der Waals surface area contributed by atoms with Crippen molar-refractivity contribution in [2.45, 2.75) is 5.75 Å². The Morgan fingerprint density at radius 2 is 1.61 bits per heavy atom. The van der Waals surface area contributed by atoms with Crippen LogP contribution in [0.1, 0.15) is 5.56 Å². The second-order valence-corrected chi connectivity index (χ2v) is 8.71. The molecule has 9 heteroatoms. The minimum atomic E-state index is 0.107. The maximum atomic E-state index is 12.4. The number of piperazine rings is 1. The van der Waals surface area contributed by atoms with Crippen molar-refractivity contribution in [3.8, 4) is 0 Å². The molecule has 0 bridgehead atoms. The molecule has 0 unspecified atom stereocenters. The van der Waals surface area contributed by atoms with Crippen LogP contribution in [0.5, 0.6) is 0 Å². The Labute approximate surface area is 180 Å². The predicted molar refractivity (Wildman–Crippen MR) is 113 cm³/mol. The van der Waals surface area contributed by atoms with Crippen LogP contribution in [-0.2, 0) is 20.1 Å². The van der Waals surface area contributed by atoms with E-state index < -0.39 is 0 Å². The van der Waals surface area contributed by atoms with Gasteiger partial charge in [-0.05, 0) is 17.7 Å². The fourth-order valence-corrected chi connectivity index (χ4v) is 4.72. The van der Waals surface area contributed by atoms with E-state index in [2.05, 4.69) is 4.90 Å². The van der Waals surface area contributed by atoms with Crippen LogP contribution in [0.4, 0.5) is 0 Å². The molecule has 0 spiro atoms. The number of halogens is 2. The molecule has 0 aliphatic carbocycles. The van der Waals surface area contributed by atoms with Gasteiger partial charge in [0.05, 0.1) is 25.5 Å². The normalized spacial score (nSPS) is 18.4. The predicted octanol–water partition coefficient (Wildman–Crippen LogP) is 2.23. The van der Waals surface area contributed by atoms with Gasteiger partial charge in [0.15, 0.2) is 0 Å². The number of carbonyl (C=O) groups excluding carboxylic acids is 2. The lowest BCUT2D eigenvalue weighted by Crippen LogP contribution is -2.53. The zero-order valence-corrected chi connectivity index (χ0v) is 18.1. The number of amides is 2. The first-order valence-corrected chi connectivity index (χ1v) is 11.3. The number of carbonyl (C=O) groups is 2. The van der Waals surface area contributed by atoms with Crippen molar-refractivity contribution in [3.63, 3.8) is 0 Å². The van der Waals surface area contributed by atoms with Gasteiger partial charge in [-0.2, -0.15) is 0 Å². The Morgan fingerprint density at radius 1 is 0.964 bits per heavy atom. The van der Waals surface area contributed by atoms with Crippen LogP contribution in [0.25, 0.3) is 0 Å². The highest BCUT2D eigenvalue weighted by molar-refractivity contribution is 7.99. The first kappa shape index (κ1) is 21.7. The van der Waals surface area contributed by atoms with Crippen molar-refractivity contribution in [2.75, 3.05) is 64.8 Å². The topological polar surface area (TPSA) is 53.1 Å². The fourth-order valence-electron chi connectivity index (χ4n) is 3.23. The number of benzene rings is 1. The molecule has 28 heavy (non-hydrogen) atoms. The molecule has 6 nitrogen and oxygen atoms in total. The molecule has 2 amide bonds. The SMILES string of the molecule is O=C(CSCc1ccc(Cl)cc1Cl)N1CCN(C(=O)CN2CCOCC2)CC1. The van der Waals surface area contributed by atoms with E-state index in [9.17, 15) is 9.59 Å². The molecule has 2 heterocycles. The van der Waals surface area contributed by atoms with E-state index in [0.29, 0.717) is 67.5 Å².